The summed E-state index contributed by atoms with van der Waals surface area (Å²) in [6, 6.07) is 8.44. The van der Waals surface area contributed by atoms with Crippen LogP contribution in [0.2, 0.25) is 0 Å². The van der Waals surface area contributed by atoms with Crippen molar-refractivity contribution in [2.45, 2.75) is 39.0 Å². The topological polar surface area (TPSA) is 76.4 Å². The van der Waals surface area contributed by atoms with Crippen molar-refractivity contribution in [2.75, 3.05) is 7.11 Å². The fraction of sp³-hybridized carbons (Fsp3) is 0.412. The summed E-state index contributed by atoms with van der Waals surface area (Å²) in [4.78, 5) is 12.4. The number of nitrogens with zero attached hydrogens (tertiary/aromatic N) is 2. The van der Waals surface area contributed by atoms with Crippen molar-refractivity contribution in [1.82, 2.24) is 15.1 Å². The van der Waals surface area contributed by atoms with Crippen LogP contribution in [0.1, 0.15) is 49.0 Å². The van der Waals surface area contributed by atoms with Crippen molar-refractivity contribution < 1.29 is 14.6 Å². The van der Waals surface area contributed by atoms with E-state index in [1.165, 1.54) is 0 Å². The fourth-order valence-corrected chi connectivity index (χ4v) is 2.35. The quantitative estimate of drug-likeness (QED) is 0.857. The summed E-state index contributed by atoms with van der Waals surface area (Å²) < 4.78 is 6.75. The number of aliphatic hydroxyl groups is 1. The number of benzene rings is 1. The number of aromatic nitrogens is 2. The zero-order valence-electron chi connectivity index (χ0n) is 13.9. The second-order valence-corrected chi connectivity index (χ2v) is 5.73. The Morgan fingerprint density at radius 2 is 1.87 bits per heavy atom. The number of rotatable bonds is 6. The van der Waals surface area contributed by atoms with Gasteiger partial charge in [-0.3, -0.25) is 9.48 Å². The van der Waals surface area contributed by atoms with E-state index in [0.29, 0.717) is 5.69 Å². The van der Waals surface area contributed by atoms with Gasteiger partial charge < -0.3 is 15.2 Å². The maximum absolute atomic E-state index is 12.4. The molecule has 1 amide bonds. The van der Waals surface area contributed by atoms with Crippen LogP contribution in [0.5, 0.6) is 5.75 Å². The predicted molar refractivity (Wildman–Crippen MR) is 87.5 cm³/mol. The average Bonchev–Trinajstić information content (AvgIpc) is 3.04. The molecule has 23 heavy (non-hydrogen) atoms. The van der Waals surface area contributed by atoms with Crippen molar-refractivity contribution in [3.05, 3.63) is 47.8 Å². The van der Waals surface area contributed by atoms with Crippen LogP contribution >= 0.6 is 0 Å². The van der Waals surface area contributed by atoms with Crippen LogP contribution in [-0.2, 0) is 0 Å². The van der Waals surface area contributed by atoms with Crippen LogP contribution < -0.4 is 10.1 Å². The first-order chi connectivity index (χ1) is 10.9. The van der Waals surface area contributed by atoms with Gasteiger partial charge in [-0.2, -0.15) is 5.10 Å². The number of nitrogens with one attached hydrogen (secondary N) is 1. The van der Waals surface area contributed by atoms with Crippen LogP contribution in [0.25, 0.3) is 0 Å². The third-order valence-electron chi connectivity index (χ3n) is 3.68. The molecule has 2 rings (SSSR count). The molecule has 2 atom stereocenters. The number of amides is 1. The Balaban J connectivity index is 2.06. The van der Waals surface area contributed by atoms with E-state index in [4.69, 9.17) is 4.74 Å². The van der Waals surface area contributed by atoms with Gasteiger partial charge in [-0.05, 0) is 44.5 Å². The normalized spacial score (nSPS) is 13.7. The molecule has 6 nitrogen and oxygen atoms in total. The van der Waals surface area contributed by atoms with E-state index < -0.39 is 12.1 Å². The number of carbonyl (C=O) groups is 1. The Labute approximate surface area is 136 Å². The van der Waals surface area contributed by atoms with E-state index in [1.807, 2.05) is 13.8 Å². The first kappa shape index (κ1) is 17.0. The maximum Gasteiger partial charge on any atom is 0.269 e. The minimum atomic E-state index is -0.805. The molecule has 2 aromatic rings. The van der Waals surface area contributed by atoms with Crippen LogP contribution in [0.15, 0.2) is 36.5 Å². The number of ether oxygens (including phenoxy) is 1. The van der Waals surface area contributed by atoms with Crippen LogP contribution in [-0.4, -0.2) is 33.9 Å². The lowest BCUT2D eigenvalue weighted by molar-refractivity contribution is 0.0840. The van der Waals surface area contributed by atoms with E-state index in [0.717, 1.165) is 11.3 Å². The first-order valence-electron chi connectivity index (χ1n) is 7.60. The van der Waals surface area contributed by atoms with Crippen LogP contribution in [0, 0.1) is 0 Å². The minimum absolute atomic E-state index is 0.0903. The summed E-state index contributed by atoms with van der Waals surface area (Å²) in [5.74, 6) is 0.467. The summed E-state index contributed by atoms with van der Waals surface area (Å²) in [6.07, 6.45) is 0.791. The molecule has 0 radical (unpaired) electrons. The molecule has 0 spiro atoms. The third kappa shape index (κ3) is 3.90. The molecule has 0 fully saturated rings. The molecular weight excluding hydrogens is 294 g/mol. The van der Waals surface area contributed by atoms with Gasteiger partial charge in [-0.15, -0.1) is 0 Å². The van der Waals surface area contributed by atoms with Gasteiger partial charge >= 0.3 is 0 Å². The highest BCUT2D eigenvalue weighted by atomic mass is 16.5. The molecule has 0 saturated heterocycles. The summed E-state index contributed by atoms with van der Waals surface area (Å²) in [5.41, 5.74) is 1.20. The Morgan fingerprint density at radius 1 is 1.22 bits per heavy atom. The molecule has 2 N–H and O–H groups in total. The second kappa shape index (κ2) is 7.28. The molecule has 0 aliphatic heterocycles. The molecule has 2 unspecified atom stereocenters. The van der Waals surface area contributed by atoms with Gasteiger partial charge in [0.25, 0.3) is 5.91 Å². The molecule has 0 bridgehead atoms. The number of aliphatic hydroxyl groups excluding tert-OH is 1. The molecule has 0 saturated carbocycles. The molecule has 1 aromatic carbocycles. The van der Waals surface area contributed by atoms with Crippen molar-refractivity contribution in [2.24, 2.45) is 0 Å². The van der Waals surface area contributed by atoms with Gasteiger partial charge in [0.15, 0.2) is 0 Å². The molecule has 124 valence electrons. The highest BCUT2D eigenvalue weighted by Gasteiger charge is 2.21. The lowest BCUT2D eigenvalue weighted by Gasteiger charge is -2.21. The van der Waals surface area contributed by atoms with E-state index >= 15 is 0 Å². The monoisotopic (exact) mass is 317 g/mol. The summed E-state index contributed by atoms with van der Waals surface area (Å²) in [6.45, 7) is 5.68. The number of carbonyl (C=O) groups excluding carboxylic acids is 1. The summed E-state index contributed by atoms with van der Waals surface area (Å²) in [7, 11) is 1.59. The first-order valence-corrected chi connectivity index (χ1v) is 7.60. The molecule has 0 aliphatic carbocycles. The van der Waals surface area contributed by atoms with Gasteiger partial charge in [0.05, 0.1) is 19.3 Å². The molecule has 1 aromatic heterocycles. The van der Waals surface area contributed by atoms with Gasteiger partial charge in [-0.25, -0.2) is 0 Å². The van der Waals surface area contributed by atoms with E-state index in [9.17, 15) is 9.90 Å². The zero-order valence-corrected chi connectivity index (χ0v) is 13.9. The Kier molecular flexibility index (Phi) is 5.39. The van der Waals surface area contributed by atoms with Crippen molar-refractivity contribution >= 4 is 5.91 Å². The summed E-state index contributed by atoms with van der Waals surface area (Å²) in [5, 5.41) is 17.4. The zero-order chi connectivity index (χ0) is 17.0. The van der Waals surface area contributed by atoms with Gasteiger partial charge in [0, 0.05) is 12.2 Å². The second-order valence-electron chi connectivity index (χ2n) is 5.73. The third-order valence-corrected chi connectivity index (χ3v) is 3.68. The fourth-order valence-electron chi connectivity index (χ4n) is 2.35. The van der Waals surface area contributed by atoms with Crippen molar-refractivity contribution in [3.8, 4) is 5.75 Å². The molecule has 1 heterocycles. The standard InChI is InChI=1S/C17H23N3O3/c1-11(2)20-15(9-10-18-20)17(22)19-12(3)16(21)13-5-7-14(23-4)8-6-13/h5-12,16,21H,1-4H3,(H,19,22). The number of hydrogen-bond acceptors (Lipinski definition) is 4. The Bertz CT molecular complexity index is 649. The van der Waals surface area contributed by atoms with Gasteiger partial charge in [-0.1, -0.05) is 12.1 Å². The molecular formula is C17H23N3O3. The van der Waals surface area contributed by atoms with Crippen molar-refractivity contribution in [1.29, 1.82) is 0 Å². The van der Waals surface area contributed by atoms with Crippen molar-refractivity contribution in [3.63, 3.8) is 0 Å². The Hall–Kier alpha value is -2.34. The largest absolute Gasteiger partial charge is 0.497 e. The average molecular weight is 317 g/mol. The highest BCUT2D eigenvalue weighted by Crippen LogP contribution is 2.20. The lowest BCUT2D eigenvalue weighted by atomic mass is 10.0. The van der Waals surface area contributed by atoms with E-state index in [-0.39, 0.29) is 11.9 Å². The van der Waals surface area contributed by atoms with E-state index in [2.05, 4.69) is 10.4 Å². The van der Waals surface area contributed by atoms with E-state index in [1.54, 1.807) is 55.2 Å². The van der Waals surface area contributed by atoms with Crippen LogP contribution in [0.4, 0.5) is 0 Å². The van der Waals surface area contributed by atoms with Gasteiger partial charge in [0.2, 0.25) is 0 Å². The predicted octanol–water partition coefficient (Wildman–Crippen LogP) is 2.32. The Morgan fingerprint density at radius 3 is 2.43 bits per heavy atom. The maximum atomic E-state index is 12.4. The smallest absolute Gasteiger partial charge is 0.269 e. The SMILES string of the molecule is COc1ccc(C(O)C(C)NC(=O)c2ccnn2C(C)C)cc1. The summed E-state index contributed by atoms with van der Waals surface area (Å²) >= 11 is 0. The number of hydrogen-bond donors (Lipinski definition) is 2. The van der Waals surface area contributed by atoms with Gasteiger partial charge in [0.1, 0.15) is 11.4 Å². The number of methoxy groups -OCH3 is 1. The lowest BCUT2D eigenvalue weighted by Crippen LogP contribution is -2.38. The van der Waals surface area contributed by atoms with Crippen LogP contribution in [0.3, 0.4) is 0 Å². The molecule has 0 aliphatic rings. The highest BCUT2D eigenvalue weighted by molar-refractivity contribution is 5.92. The molecule has 6 heteroatoms. The minimum Gasteiger partial charge on any atom is -0.497 e.